The van der Waals surface area contributed by atoms with Gasteiger partial charge in [0.05, 0.1) is 6.54 Å². The lowest BCUT2D eigenvalue weighted by Crippen LogP contribution is -2.41. The summed E-state index contributed by atoms with van der Waals surface area (Å²) in [6.45, 7) is 2.58. The van der Waals surface area contributed by atoms with Gasteiger partial charge in [-0.15, -0.1) is 10.2 Å². The lowest BCUT2D eigenvalue weighted by Gasteiger charge is -2.32. The molecule has 1 aliphatic heterocycles. The van der Waals surface area contributed by atoms with Gasteiger partial charge in [0, 0.05) is 18.0 Å². The maximum absolute atomic E-state index is 14.0. The predicted octanol–water partition coefficient (Wildman–Crippen LogP) is 3.76. The Morgan fingerprint density at radius 3 is 2.56 bits per heavy atom. The molecule has 5 nitrogen and oxygen atoms in total. The molecule has 0 N–H and O–H groups in total. The zero-order valence-electron chi connectivity index (χ0n) is 14.8. The highest BCUT2D eigenvalue weighted by molar-refractivity contribution is 6.31. The van der Waals surface area contributed by atoms with Gasteiger partial charge in [0.1, 0.15) is 17.7 Å². The van der Waals surface area contributed by atoms with E-state index in [0.717, 1.165) is 5.56 Å². The molecule has 1 aliphatic rings. The van der Waals surface area contributed by atoms with Gasteiger partial charge in [-0.25, -0.2) is 4.39 Å². The van der Waals surface area contributed by atoms with Crippen LogP contribution in [0.1, 0.15) is 35.7 Å². The summed E-state index contributed by atoms with van der Waals surface area (Å²) >= 11 is 6.23. The standard InChI is InChI=1S/C20H18ClFN4O/c1-13-20(27)25(11-15-7-2-4-8-16(15)21)12-19-24-23-18(26(13)19)10-14-6-3-5-9-17(14)22/h2-9,13H,10-12H2,1H3/t13-/m0/s1. The Bertz CT molecular complexity index is 1000. The molecular weight excluding hydrogens is 367 g/mol. The molecule has 0 bridgehead atoms. The second-order valence-corrected chi connectivity index (χ2v) is 7.04. The van der Waals surface area contributed by atoms with Crippen molar-refractivity contribution in [2.24, 2.45) is 0 Å². The largest absolute Gasteiger partial charge is 0.329 e. The second kappa shape index (κ2) is 7.12. The summed E-state index contributed by atoms with van der Waals surface area (Å²) < 4.78 is 15.8. The molecule has 0 unspecified atom stereocenters. The smallest absolute Gasteiger partial charge is 0.246 e. The van der Waals surface area contributed by atoms with Crippen LogP contribution < -0.4 is 0 Å². The number of fused-ring (bicyclic) bond motifs is 1. The molecule has 2 heterocycles. The lowest BCUT2D eigenvalue weighted by atomic mass is 10.1. The summed E-state index contributed by atoms with van der Waals surface area (Å²) in [6, 6.07) is 13.6. The number of nitrogens with zero attached hydrogens (tertiary/aromatic N) is 4. The van der Waals surface area contributed by atoms with Crippen molar-refractivity contribution >= 4 is 17.5 Å². The zero-order valence-corrected chi connectivity index (χ0v) is 15.5. The van der Waals surface area contributed by atoms with Crippen LogP contribution in [0.5, 0.6) is 0 Å². The summed E-state index contributed by atoms with van der Waals surface area (Å²) in [4.78, 5) is 14.6. The third-order valence-corrected chi connectivity index (χ3v) is 5.22. The molecule has 2 aromatic carbocycles. The van der Waals surface area contributed by atoms with Crippen molar-refractivity contribution in [2.75, 3.05) is 0 Å². The van der Waals surface area contributed by atoms with E-state index in [1.54, 1.807) is 23.1 Å². The number of amides is 1. The van der Waals surface area contributed by atoms with E-state index in [2.05, 4.69) is 10.2 Å². The molecule has 1 amide bonds. The van der Waals surface area contributed by atoms with Crippen molar-refractivity contribution in [3.8, 4) is 0 Å². The van der Waals surface area contributed by atoms with Crippen LogP contribution in [0, 0.1) is 5.82 Å². The van der Waals surface area contributed by atoms with E-state index in [-0.39, 0.29) is 11.7 Å². The fourth-order valence-electron chi connectivity index (χ4n) is 3.44. The minimum absolute atomic E-state index is 0.0306. The van der Waals surface area contributed by atoms with Gasteiger partial charge in [-0.3, -0.25) is 4.79 Å². The molecule has 0 spiro atoms. The molecular formula is C20H18ClFN4O. The van der Waals surface area contributed by atoms with E-state index >= 15 is 0 Å². The first-order valence-electron chi connectivity index (χ1n) is 8.73. The Kier molecular flexibility index (Phi) is 4.66. The first-order chi connectivity index (χ1) is 13.0. The summed E-state index contributed by atoms with van der Waals surface area (Å²) in [6.07, 6.45) is 0.293. The van der Waals surface area contributed by atoms with Crippen molar-refractivity contribution in [1.29, 1.82) is 0 Å². The Labute approximate surface area is 161 Å². The lowest BCUT2D eigenvalue weighted by molar-refractivity contribution is -0.137. The van der Waals surface area contributed by atoms with Crippen LogP contribution in [0.3, 0.4) is 0 Å². The zero-order chi connectivity index (χ0) is 19.0. The Morgan fingerprint density at radius 1 is 1.11 bits per heavy atom. The van der Waals surface area contributed by atoms with Crippen molar-refractivity contribution in [3.05, 3.63) is 82.1 Å². The number of carbonyl (C=O) groups excluding carboxylic acids is 1. The monoisotopic (exact) mass is 384 g/mol. The van der Waals surface area contributed by atoms with Gasteiger partial charge in [0.2, 0.25) is 5.91 Å². The number of aromatic nitrogens is 3. The predicted molar refractivity (Wildman–Crippen MR) is 99.6 cm³/mol. The van der Waals surface area contributed by atoms with Crippen LogP contribution >= 0.6 is 11.6 Å². The minimum Gasteiger partial charge on any atom is -0.329 e. The number of benzene rings is 2. The van der Waals surface area contributed by atoms with Crippen molar-refractivity contribution in [1.82, 2.24) is 19.7 Å². The average Bonchev–Trinajstić information content (AvgIpc) is 3.06. The average molecular weight is 385 g/mol. The number of carbonyl (C=O) groups is 1. The summed E-state index contributed by atoms with van der Waals surface area (Å²) in [5, 5.41) is 9.09. The first kappa shape index (κ1) is 17.7. The normalized spacial score (nSPS) is 16.5. The highest BCUT2D eigenvalue weighted by Crippen LogP contribution is 2.27. The first-order valence-corrected chi connectivity index (χ1v) is 9.10. The van der Waals surface area contributed by atoms with Crippen LogP contribution in [0.2, 0.25) is 5.02 Å². The van der Waals surface area contributed by atoms with Crippen molar-refractivity contribution < 1.29 is 9.18 Å². The topological polar surface area (TPSA) is 51.0 Å². The maximum Gasteiger partial charge on any atom is 0.246 e. The van der Waals surface area contributed by atoms with Crippen LogP contribution in [-0.4, -0.2) is 25.6 Å². The third-order valence-electron chi connectivity index (χ3n) is 4.85. The Balaban J connectivity index is 1.61. The number of rotatable bonds is 4. The van der Waals surface area contributed by atoms with Crippen LogP contribution in [0.4, 0.5) is 4.39 Å². The molecule has 138 valence electrons. The molecule has 3 aromatic rings. The van der Waals surface area contributed by atoms with Crippen LogP contribution in [0.25, 0.3) is 0 Å². The van der Waals surface area contributed by atoms with Gasteiger partial charge >= 0.3 is 0 Å². The summed E-state index contributed by atoms with van der Waals surface area (Å²) in [5.41, 5.74) is 1.42. The molecule has 27 heavy (non-hydrogen) atoms. The highest BCUT2D eigenvalue weighted by Gasteiger charge is 2.33. The SMILES string of the molecule is C[C@H]1C(=O)N(Cc2ccccc2Cl)Cc2nnc(Cc3ccccc3F)n21. The van der Waals surface area contributed by atoms with E-state index in [1.165, 1.54) is 6.07 Å². The van der Waals surface area contributed by atoms with Crippen LogP contribution in [0.15, 0.2) is 48.5 Å². The van der Waals surface area contributed by atoms with Gasteiger partial charge in [-0.1, -0.05) is 48.0 Å². The maximum atomic E-state index is 14.0. The van der Waals surface area contributed by atoms with E-state index in [1.807, 2.05) is 35.8 Å². The molecule has 1 aromatic heterocycles. The van der Waals surface area contributed by atoms with Gasteiger partial charge in [0.25, 0.3) is 0 Å². The Morgan fingerprint density at radius 2 is 1.81 bits per heavy atom. The fraction of sp³-hybridized carbons (Fsp3) is 0.250. The molecule has 4 rings (SSSR count). The summed E-state index contributed by atoms with van der Waals surface area (Å²) in [5.74, 6) is 0.968. The van der Waals surface area contributed by atoms with Gasteiger partial charge in [-0.05, 0) is 30.2 Å². The number of hydrogen-bond donors (Lipinski definition) is 0. The van der Waals surface area contributed by atoms with Gasteiger partial charge < -0.3 is 9.47 Å². The molecule has 0 saturated carbocycles. The van der Waals surface area contributed by atoms with Crippen molar-refractivity contribution in [3.63, 3.8) is 0 Å². The fourth-order valence-corrected chi connectivity index (χ4v) is 3.63. The van der Waals surface area contributed by atoms with Gasteiger partial charge in [0.15, 0.2) is 5.82 Å². The molecule has 0 aliphatic carbocycles. The molecule has 0 fully saturated rings. The number of hydrogen-bond acceptors (Lipinski definition) is 3. The second-order valence-electron chi connectivity index (χ2n) is 6.63. The van der Waals surface area contributed by atoms with Gasteiger partial charge in [-0.2, -0.15) is 0 Å². The number of halogens is 2. The molecule has 0 radical (unpaired) electrons. The third kappa shape index (κ3) is 3.32. The Hall–Kier alpha value is -2.73. The molecule has 1 atom stereocenters. The summed E-state index contributed by atoms with van der Waals surface area (Å²) in [7, 11) is 0. The van der Waals surface area contributed by atoms with E-state index in [0.29, 0.717) is 41.7 Å². The van der Waals surface area contributed by atoms with Crippen LogP contribution in [-0.2, 0) is 24.3 Å². The van der Waals surface area contributed by atoms with E-state index in [4.69, 9.17) is 11.6 Å². The highest BCUT2D eigenvalue weighted by atomic mass is 35.5. The molecule has 7 heteroatoms. The quantitative estimate of drug-likeness (QED) is 0.688. The van der Waals surface area contributed by atoms with E-state index < -0.39 is 6.04 Å². The van der Waals surface area contributed by atoms with Crippen molar-refractivity contribution in [2.45, 2.75) is 32.5 Å². The van der Waals surface area contributed by atoms with E-state index in [9.17, 15) is 9.18 Å². The minimum atomic E-state index is -0.451. The molecule has 0 saturated heterocycles.